The molecule has 0 saturated carbocycles. The zero-order chi connectivity index (χ0) is 8.91. The number of nitrogens with one attached hydrogen (secondary N) is 1. The number of aliphatic hydroxyl groups is 1. The summed E-state index contributed by atoms with van der Waals surface area (Å²) in [5.74, 6) is 0. The minimum absolute atomic E-state index is 0.115. The van der Waals surface area contributed by atoms with Crippen LogP contribution in [0.1, 0.15) is 20.3 Å². The van der Waals surface area contributed by atoms with Gasteiger partial charge in [0.2, 0.25) is 0 Å². The highest BCUT2D eigenvalue weighted by molar-refractivity contribution is 4.80. The van der Waals surface area contributed by atoms with Crippen molar-refractivity contribution in [3.05, 3.63) is 0 Å². The monoisotopic (exact) mass is 167 g/mol. The first kappa shape index (κ1) is 10.8. The van der Waals surface area contributed by atoms with Gasteiger partial charge in [-0.2, -0.15) is 0 Å². The molecule has 1 unspecified atom stereocenters. The first-order valence-electron chi connectivity index (χ1n) is 3.68. The van der Waals surface area contributed by atoms with Crippen molar-refractivity contribution in [2.24, 2.45) is 0 Å². The Morgan fingerprint density at radius 1 is 1.55 bits per heavy atom. The molecule has 0 aromatic carbocycles. The number of rotatable bonds is 5. The number of aliphatic hydroxyl groups excluding tert-OH is 1. The van der Waals surface area contributed by atoms with Crippen molar-refractivity contribution in [1.82, 2.24) is 5.32 Å². The lowest BCUT2D eigenvalue weighted by Gasteiger charge is -2.26. The van der Waals surface area contributed by atoms with Crippen molar-refractivity contribution < 1.29 is 13.9 Å². The molecule has 0 bridgehead atoms. The first-order valence-corrected chi connectivity index (χ1v) is 3.68. The lowest BCUT2D eigenvalue weighted by Crippen LogP contribution is -2.47. The van der Waals surface area contributed by atoms with E-state index < -0.39 is 12.0 Å². The summed E-state index contributed by atoms with van der Waals surface area (Å²) < 4.78 is 23.4. The van der Waals surface area contributed by atoms with Gasteiger partial charge in [-0.25, -0.2) is 8.78 Å². The predicted octanol–water partition coefficient (Wildman–Crippen LogP) is 1.00. The Balaban J connectivity index is 3.69. The lowest BCUT2D eigenvalue weighted by molar-refractivity contribution is 0.108. The molecule has 0 aromatic rings. The number of hydrogen-bond acceptors (Lipinski definition) is 2. The first-order chi connectivity index (χ1) is 5.04. The smallest absolute Gasteiger partial charge is 0.250 e. The summed E-state index contributed by atoms with van der Waals surface area (Å²) in [6, 6.07) is 0. The zero-order valence-electron chi connectivity index (χ0n) is 6.90. The summed E-state index contributed by atoms with van der Waals surface area (Å²) in [4.78, 5) is 0. The molecule has 2 N–H and O–H groups in total. The second kappa shape index (κ2) is 4.62. The van der Waals surface area contributed by atoms with Crippen LogP contribution in [0.3, 0.4) is 0 Å². The van der Waals surface area contributed by atoms with Gasteiger partial charge >= 0.3 is 0 Å². The predicted molar refractivity (Wildman–Crippen MR) is 39.8 cm³/mol. The lowest BCUT2D eigenvalue weighted by atomic mass is 10.0. The van der Waals surface area contributed by atoms with Gasteiger partial charge in [0.25, 0.3) is 6.43 Å². The van der Waals surface area contributed by atoms with Gasteiger partial charge in [-0.05, 0) is 13.3 Å². The average molecular weight is 167 g/mol. The van der Waals surface area contributed by atoms with E-state index in [9.17, 15) is 8.78 Å². The summed E-state index contributed by atoms with van der Waals surface area (Å²) in [5.41, 5.74) is -0.559. The Hall–Kier alpha value is -0.220. The molecule has 0 aliphatic heterocycles. The molecule has 68 valence electrons. The molecule has 0 saturated heterocycles. The van der Waals surface area contributed by atoms with E-state index in [-0.39, 0.29) is 13.2 Å². The Kier molecular flexibility index (Phi) is 4.52. The second-order valence-corrected chi connectivity index (χ2v) is 2.84. The highest BCUT2D eigenvalue weighted by Crippen LogP contribution is 2.07. The topological polar surface area (TPSA) is 32.3 Å². The fourth-order valence-electron chi connectivity index (χ4n) is 0.616. The molecule has 0 aliphatic rings. The number of alkyl halides is 2. The largest absolute Gasteiger partial charge is 0.394 e. The van der Waals surface area contributed by atoms with Crippen molar-refractivity contribution in [3.63, 3.8) is 0 Å². The maximum absolute atomic E-state index is 11.7. The SMILES string of the molecule is CCC(C)(CO)NCC(F)F. The van der Waals surface area contributed by atoms with Crippen molar-refractivity contribution in [2.75, 3.05) is 13.2 Å². The number of hydrogen-bond donors (Lipinski definition) is 2. The van der Waals surface area contributed by atoms with Gasteiger partial charge in [0.05, 0.1) is 13.2 Å². The van der Waals surface area contributed by atoms with E-state index in [0.29, 0.717) is 6.42 Å². The van der Waals surface area contributed by atoms with E-state index in [4.69, 9.17) is 5.11 Å². The maximum Gasteiger partial charge on any atom is 0.250 e. The highest BCUT2D eigenvalue weighted by atomic mass is 19.3. The molecule has 0 aliphatic carbocycles. The molecule has 1 atom stereocenters. The fourth-order valence-corrected chi connectivity index (χ4v) is 0.616. The molecule has 0 fully saturated rings. The fraction of sp³-hybridized carbons (Fsp3) is 1.00. The Labute approximate surface area is 65.6 Å². The van der Waals surface area contributed by atoms with E-state index >= 15 is 0 Å². The molecule has 0 spiro atoms. The average Bonchev–Trinajstić information content (AvgIpc) is 2.00. The van der Waals surface area contributed by atoms with Crippen molar-refractivity contribution >= 4 is 0 Å². The van der Waals surface area contributed by atoms with Gasteiger partial charge in [0.1, 0.15) is 0 Å². The van der Waals surface area contributed by atoms with E-state index in [1.165, 1.54) is 0 Å². The van der Waals surface area contributed by atoms with Crippen LogP contribution in [0.15, 0.2) is 0 Å². The Morgan fingerprint density at radius 3 is 2.36 bits per heavy atom. The second-order valence-electron chi connectivity index (χ2n) is 2.84. The zero-order valence-corrected chi connectivity index (χ0v) is 6.90. The van der Waals surface area contributed by atoms with Crippen LogP contribution in [0.5, 0.6) is 0 Å². The summed E-state index contributed by atoms with van der Waals surface area (Å²) in [6.07, 6.45) is -1.72. The minimum atomic E-state index is -2.35. The molecule has 0 amide bonds. The minimum Gasteiger partial charge on any atom is -0.394 e. The van der Waals surface area contributed by atoms with Crippen molar-refractivity contribution in [1.29, 1.82) is 0 Å². The van der Waals surface area contributed by atoms with Gasteiger partial charge in [0, 0.05) is 5.54 Å². The van der Waals surface area contributed by atoms with Crippen LogP contribution in [-0.2, 0) is 0 Å². The third-order valence-corrected chi connectivity index (χ3v) is 1.81. The van der Waals surface area contributed by atoms with Crippen LogP contribution in [0.4, 0.5) is 8.78 Å². The number of halogens is 2. The van der Waals surface area contributed by atoms with Crippen molar-refractivity contribution in [3.8, 4) is 0 Å². The van der Waals surface area contributed by atoms with E-state index in [0.717, 1.165) is 0 Å². The summed E-state index contributed by atoms with van der Waals surface area (Å²) in [7, 11) is 0. The molecule has 0 radical (unpaired) electrons. The van der Waals surface area contributed by atoms with E-state index in [2.05, 4.69) is 5.32 Å². The quantitative estimate of drug-likeness (QED) is 0.640. The molecule has 0 rings (SSSR count). The van der Waals surface area contributed by atoms with E-state index in [1.54, 1.807) is 6.92 Å². The third-order valence-electron chi connectivity index (χ3n) is 1.81. The van der Waals surface area contributed by atoms with Gasteiger partial charge in [-0.3, -0.25) is 0 Å². The normalized spacial score (nSPS) is 16.9. The molecule has 0 heterocycles. The Morgan fingerprint density at radius 2 is 2.09 bits per heavy atom. The molecule has 0 aromatic heterocycles. The summed E-state index contributed by atoms with van der Waals surface area (Å²) >= 11 is 0. The molecule has 11 heavy (non-hydrogen) atoms. The Bertz CT molecular complexity index is 105. The van der Waals surface area contributed by atoms with Crippen LogP contribution in [0, 0.1) is 0 Å². The van der Waals surface area contributed by atoms with Crippen LogP contribution < -0.4 is 5.32 Å². The van der Waals surface area contributed by atoms with Gasteiger partial charge in [0.15, 0.2) is 0 Å². The highest BCUT2D eigenvalue weighted by Gasteiger charge is 2.20. The maximum atomic E-state index is 11.7. The van der Waals surface area contributed by atoms with Crippen LogP contribution in [-0.4, -0.2) is 30.2 Å². The molecule has 4 heteroatoms. The van der Waals surface area contributed by atoms with Crippen molar-refractivity contribution in [2.45, 2.75) is 32.2 Å². The van der Waals surface area contributed by atoms with E-state index in [1.807, 2.05) is 6.92 Å². The summed E-state index contributed by atoms with van der Waals surface area (Å²) in [5, 5.41) is 11.4. The summed E-state index contributed by atoms with van der Waals surface area (Å²) in [6.45, 7) is 3.09. The van der Waals surface area contributed by atoms with Gasteiger partial charge in [-0.1, -0.05) is 6.92 Å². The molecular weight excluding hydrogens is 152 g/mol. The van der Waals surface area contributed by atoms with Crippen LogP contribution in [0.25, 0.3) is 0 Å². The van der Waals surface area contributed by atoms with Crippen LogP contribution >= 0.6 is 0 Å². The van der Waals surface area contributed by atoms with Gasteiger partial charge in [-0.15, -0.1) is 0 Å². The van der Waals surface area contributed by atoms with Gasteiger partial charge < -0.3 is 10.4 Å². The molecule has 2 nitrogen and oxygen atoms in total. The standard InChI is InChI=1S/C7H15F2NO/c1-3-7(2,5-11)10-4-6(8)9/h6,10-11H,3-5H2,1-2H3. The molecular formula is C7H15F2NO. The third kappa shape index (κ3) is 4.27. The van der Waals surface area contributed by atoms with Crippen LogP contribution in [0.2, 0.25) is 0 Å².